The van der Waals surface area contributed by atoms with Crippen molar-refractivity contribution in [3.8, 4) is 0 Å². The number of anilines is 3. The van der Waals surface area contributed by atoms with Gasteiger partial charge in [-0.3, -0.25) is 0 Å². The molecular formula is C14H28N6. The highest BCUT2D eigenvalue weighted by Gasteiger charge is 2.14. The molecule has 0 radical (unpaired) electrons. The van der Waals surface area contributed by atoms with Crippen molar-refractivity contribution in [1.29, 1.82) is 0 Å². The molecule has 6 heteroatoms. The van der Waals surface area contributed by atoms with E-state index in [9.17, 15) is 0 Å². The summed E-state index contributed by atoms with van der Waals surface area (Å²) < 4.78 is 0. The summed E-state index contributed by atoms with van der Waals surface area (Å²) >= 11 is 0. The monoisotopic (exact) mass is 280 g/mol. The topological polar surface area (TPSA) is 57.2 Å². The van der Waals surface area contributed by atoms with E-state index in [0.717, 1.165) is 51.0 Å². The van der Waals surface area contributed by atoms with Crippen LogP contribution in [0.5, 0.6) is 0 Å². The van der Waals surface area contributed by atoms with Crippen molar-refractivity contribution in [2.75, 3.05) is 47.8 Å². The summed E-state index contributed by atoms with van der Waals surface area (Å²) in [5.41, 5.74) is 0. The van der Waals surface area contributed by atoms with Gasteiger partial charge in [0.05, 0.1) is 0 Å². The molecule has 0 aliphatic rings. The van der Waals surface area contributed by atoms with Crippen molar-refractivity contribution in [2.45, 2.75) is 41.0 Å². The Hall–Kier alpha value is -1.59. The van der Waals surface area contributed by atoms with Crippen LogP contribution in [0.25, 0.3) is 0 Å². The van der Waals surface area contributed by atoms with Gasteiger partial charge in [-0.15, -0.1) is 0 Å². The van der Waals surface area contributed by atoms with E-state index in [2.05, 4.69) is 57.8 Å². The largest absolute Gasteiger partial charge is 0.354 e. The van der Waals surface area contributed by atoms with Crippen molar-refractivity contribution in [3.05, 3.63) is 0 Å². The molecule has 0 saturated heterocycles. The summed E-state index contributed by atoms with van der Waals surface area (Å²) in [6.45, 7) is 15.0. The minimum atomic E-state index is 0.661. The Balaban J connectivity index is 3.14. The fourth-order valence-electron chi connectivity index (χ4n) is 2.05. The highest BCUT2D eigenvalue weighted by atomic mass is 15.4. The van der Waals surface area contributed by atoms with Crippen molar-refractivity contribution in [3.63, 3.8) is 0 Å². The molecule has 1 aromatic rings. The lowest BCUT2D eigenvalue weighted by atomic mass is 10.4. The molecule has 0 amide bonds. The molecule has 114 valence electrons. The van der Waals surface area contributed by atoms with Crippen LogP contribution in [0.3, 0.4) is 0 Å². The second-order valence-electron chi connectivity index (χ2n) is 4.54. The lowest BCUT2D eigenvalue weighted by Crippen LogP contribution is -2.29. The van der Waals surface area contributed by atoms with Gasteiger partial charge >= 0.3 is 0 Å². The molecule has 0 saturated carbocycles. The summed E-state index contributed by atoms with van der Waals surface area (Å²) in [5, 5.41) is 3.20. The van der Waals surface area contributed by atoms with Gasteiger partial charge in [0.2, 0.25) is 17.8 Å². The minimum absolute atomic E-state index is 0.661. The van der Waals surface area contributed by atoms with E-state index in [-0.39, 0.29) is 0 Å². The van der Waals surface area contributed by atoms with Crippen LogP contribution in [-0.4, -0.2) is 47.7 Å². The average Bonchev–Trinajstić information content (AvgIpc) is 2.46. The molecule has 0 aliphatic heterocycles. The van der Waals surface area contributed by atoms with Gasteiger partial charge in [0, 0.05) is 32.7 Å². The smallest absolute Gasteiger partial charge is 0.231 e. The zero-order chi connectivity index (χ0) is 15.0. The SMILES string of the molecule is CCCN(CC)c1nc(NCC)nc(N(CC)CC)n1. The van der Waals surface area contributed by atoms with E-state index >= 15 is 0 Å². The van der Waals surface area contributed by atoms with Crippen LogP contribution in [0.4, 0.5) is 17.8 Å². The van der Waals surface area contributed by atoms with E-state index in [0.29, 0.717) is 5.95 Å². The first-order valence-electron chi connectivity index (χ1n) is 7.69. The molecule has 1 rings (SSSR count). The molecule has 1 heterocycles. The summed E-state index contributed by atoms with van der Waals surface area (Å²) in [6, 6.07) is 0. The molecule has 0 fully saturated rings. The second kappa shape index (κ2) is 8.55. The number of hydrogen-bond donors (Lipinski definition) is 1. The van der Waals surface area contributed by atoms with Crippen molar-refractivity contribution in [1.82, 2.24) is 15.0 Å². The van der Waals surface area contributed by atoms with E-state index in [1.165, 1.54) is 0 Å². The van der Waals surface area contributed by atoms with Crippen molar-refractivity contribution < 1.29 is 0 Å². The molecule has 6 nitrogen and oxygen atoms in total. The number of aromatic nitrogens is 3. The molecular weight excluding hydrogens is 252 g/mol. The molecule has 0 aliphatic carbocycles. The van der Waals surface area contributed by atoms with Crippen LogP contribution in [0.2, 0.25) is 0 Å². The first-order chi connectivity index (χ1) is 9.69. The van der Waals surface area contributed by atoms with E-state index < -0.39 is 0 Å². The highest BCUT2D eigenvalue weighted by Crippen LogP contribution is 2.16. The number of nitrogens with one attached hydrogen (secondary N) is 1. The van der Waals surface area contributed by atoms with Crippen LogP contribution >= 0.6 is 0 Å². The Morgan fingerprint density at radius 2 is 1.35 bits per heavy atom. The average molecular weight is 280 g/mol. The maximum absolute atomic E-state index is 4.64. The molecule has 0 atom stereocenters. The third kappa shape index (κ3) is 4.21. The minimum Gasteiger partial charge on any atom is -0.354 e. The van der Waals surface area contributed by atoms with Crippen LogP contribution in [0.15, 0.2) is 0 Å². The first kappa shape index (κ1) is 16.5. The molecule has 0 unspecified atom stereocenters. The Morgan fingerprint density at radius 3 is 1.80 bits per heavy atom. The summed E-state index contributed by atoms with van der Waals surface area (Å²) in [5.74, 6) is 2.18. The van der Waals surface area contributed by atoms with Crippen LogP contribution in [-0.2, 0) is 0 Å². The van der Waals surface area contributed by atoms with Crippen molar-refractivity contribution >= 4 is 17.8 Å². The lowest BCUT2D eigenvalue weighted by molar-refractivity contribution is 0.745. The summed E-state index contributed by atoms with van der Waals surface area (Å²) in [7, 11) is 0. The maximum atomic E-state index is 4.64. The van der Waals surface area contributed by atoms with Crippen LogP contribution in [0.1, 0.15) is 41.0 Å². The van der Waals surface area contributed by atoms with Crippen molar-refractivity contribution in [2.24, 2.45) is 0 Å². The van der Waals surface area contributed by atoms with Gasteiger partial charge in [-0.05, 0) is 34.1 Å². The Morgan fingerprint density at radius 1 is 0.800 bits per heavy atom. The normalized spacial score (nSPS) is 10.4. The van der Waals surface area contributed by atoms with Gasteiger partial charge in [0.15, 0.2) is 0 Å². The van der Waals surface area contributed by atoms with Gasteiger partial charge in [-0.25, -0.2) is 0 Å². The van der Waals surface area contributed by atoms with Gasteiger partial charge in [0.25, 0.3) is 0 Å². The quantitative estimate of drug-likeness (QED) is 0.749. The van der Waals surface area contributed by atoms with Crippen LogP contribution in [0, 0.1) is 0 Å². The number of rotatable bonds is 9. The van der Waals surface area contributed by atoms with Gasteiger partial charge in [-0.1, -0.05) is 6.92 Å². The highest BCUT2D eigenvalue weighted by molar-refractivity contribution is 5.45. The Kier molecular flexibility index (Phi) is 7.04. The van der Waals surface area contributed by atoms with Gasteiger partial charge < -0.3 is 15.1 Å². The maximum Gasteiger partial charge on any atom is 0.231 e. The second-order valence-corrected chi connectivity index (χ2v) is 4.54. The third-order valence-electron chi connectivity index (χ3n) is 3.15. The fraction of sp³-hybridized carbons (Fsp3) is 0.786. The standard InChI is InChI=1S/C14H28N6/c1-6-11-20(10-5)14-17-12(15-7-2)16-13(18-14)19(8-3)9-4/h6-11H2,1-5H3,(H,15,16,17,18). The third-order valence-corrected chi connectivity index (χ3v) is 3.15. The Bertz CT molecular complexity index is 391. The molecule has 1 N–H and O–H groups in total. The van der Waals surface area contributed by atoms with E-state index in [1.54, 1.807) is 0 Å². The zero-order valence-corrected chi connectivity index (χ0v) is 13.5. The number of nitrogens with zero attached hydrogens (tertiary/aromatic N) is 5. The van der Waals surface area contributed by atoms with Crippen LogP contribution < -0.4 is 15.1 Å². The Labute approximate surface area is 122 Å². The number of hydrogen-bond acceptors (Lipinski definition) is 6. The molecule has 0 spiro atoms. The summed E-state index contributed by atoms with van der Waals surface area (Å²) in [4.78, 5) is 18.0. The summed E-state index contributed by atoms with van der Waals surface area (Å²) in [6.07, 6.45) is 1.08. The fourth-order valence-corrected chi connectivity index (χ4v) is 2.05. The first-order valence-corrected chi connectivity index (χ1v) is 7.69. The van der Waals surface area contributed by atoms with E-state index in [4.69, 9.17) is 0 Å². The lowest BCUT2D eigenvalue weighted by Gasteiger charge is -2.24. The molecule has 0 aromatic carbocycles. The van der Waals surface area contributed by atoms with E-state index in [1.807, 2.05) is 6.92 Å². The predicted octanol–water partition coefficient (Wildman–Crippen LogP) is 2.39. The zero-order valence-electron chi connectivity index (χ0n) is 13.5. The predicted molar refractivity (Wildman–Crippen MR) is 85.7 cm³/mol. The van der Waals surface area contributed by atoms with Gasteiger partial charge in [0.1, 0.15) is 0 Å². The molecule has 1 aromatic heterocycles. The molecule has 20 heavy (non-hydrogen) atoms. The molecule has 0 bridgehead atoms. The van der Waals surface area contributed by atoms with Gasteiger partial charge in [-0.2, -0.15) is 15.0 Å².